The zero-order valence-corrected chi connectivity index (χ0v) is 20.1. The highest BCUT2D eigenvalue weighted by Gasteiger charge is 2.32. The fraction of sp³-hybridized carbons (Fsp3) is 0.478. The lowest BCUT2D eigenvalue weighted by molar-refractivity contribution is 0.188. The number of aromatic nitrogens is 4. The molecule has 1 aliphatic heterocycles. The van der Waals surface area contributed by atoms with Crippen molar-refractivity contribution in [3.05, 3.63) is 35.8 Å². The zero-order valence-electron chi connectivity index (χ0n) is 18.5. The average Bonchev–Trinajstić information content (AvgIpc) is 3.41. The first-order valence-corrected chi connectivity index (χ1v) is 13.2. The van der Waals surface area contributed by atoms with E-state index in [-0.39, 0.29) is 5.24 Å². The van der Waals surface area contributed by atoms with Crippen LogP contribution in [0.1, 0.15) is 44.0 Å². The second kappa shape index (κ2) is 9.33. The molecule has 0 bridgehead atoms. The van der Waals surface area contributed by atoms with Gasteiger partial charge in [-0.1, -0.05) is 36.9 Å². The Morgan fingerprint density at radius 1 is 1.28 bits per heavy atom. The Labute approximate surface area is 196 Å². The number of thioether (sulfide) groups is 1. The fourth-order valence-electron chi connectivity index (χ4n) is 4.68. The molecule has 0 radical (unpaired) electrons. The number of piperidine rings is 1. The molecule has 1 fully saturated rings. The van der Waals surface area contributed by atoms with Gasteiger partial charge in [-0.15, -0.1) is 0 Å². The summed E-state index contributed by atoms with van der Waals surface area (Å²) in [6.07, 6.45) is 7.67. The van der Waals surface area contributed by atoms with E-state index in [0.29, 0.717) is 11.2 Å². The lowest BCUT2D eigenvalue weighted by Crippen LogP contribution is -2.34. The van der Waals surface area contributed by atoms with E-state index < -0.39 is 0 Å². The second-order valence-electron chi connectivity index (χ2n) is 8.17. The smallest absolute Gasteiger partial charge is 0.285 e. The molecule has 1 N–H and O–H groups in total. The van der Waals surface area contributed by atoms with Crippen LogP contribution in [0.25, 0.3) is 21.8 Å². The van der Waals surface area contributed by atoms with Crippen LogP contribution in [0.3, 0.4) is 0 Å². The van der Waals surface area contributed by atoms with Gasteiger partial charge < -0.3 is 4.90 Å². The number of hydrogen-bond acceptors (Lipinski definition) is 7. The van der Waals surface area contributed by atoms with E-state index in [2.05, 4.69) is 32.9 Å². The van der Waals surface area contributed by atoms with Crippen molar-refractivity contribution in [2.24, 2.45) is 0 Å². The highest BCUT2D eigenvalue weighted by atomic mass is 32.2. The molecule has 1 saturated heterocycles. The third-order valence-corrected chi connectivity index (χ3v) is 7.98. The molecule has 3 aromatic heterocycles. The standard InChI is InChI=1S/C23H28N6OS2/c1-3-28-12-9-16(10-13-28)29-20-17(19(27-29)15-6-5-11-24-14-15)7-8-18-21(20)32-22(25-18)26-23(30)31-4-2/h5-6,11,14,16H,3-4,7-10,12-13H2,1-2H3,(H,25,26,30). The molecule has 5 rings (SSSR count). The number of aryl methyl sites for hydroxylation is 1. The predicted octanol–water partition coefficient (Wildman–Crippen LogP) is 5.11. The number of rotatable bonds is 5. The fourth-order valence-corrected chi connectivity index (χ4v) is 6.25. The first kappa shape index (κ1) is 21.6. The van der Waals surface area contributed by atoms with Crippen LogP contribution >= 0.6 is 23.1 Å². The quantitative estimate of drug-likeness (QED) is 0.561. The summed E-state index contributed by atoms with van der Waals surface area (Å²) in [5, 5.41) is 8.79. The second-order valence-corrected chi connectivity index (χ2v) is 10.4. The van der Waals surface area contributed by atoms with Crippen LogP contribution in [0.2, 0.25) is 0 Å². The molecule has 0 saturated carbocycles. The molecule has 0 aromatic carbocycles. The van der Waals surface area contributed by atoms with Crippen LogP contribution in [-0.4, -0.2) is 55.3 Å². The maximum atomic E-state index is 12.1. The molecule has 0 atom stereocenters. The van der Waals surface area contributed by atoms with E-state index in [1.807, 2.05) is 19.2 Å². The Hall–Kier alpha value is -2.23. The van der Waals surface area contributed by atoms with Crippen LogP contribution in [0.15, 0.2) is 24.5 Å². The third kappa shape index (κ3) is 4.09. The minimum absolute atomic E-state index is 0.0460. The number of amides is 1. The Morgan fingerprint density at radius 3 is 2.84 bits per heavy atom. The summed E-state index contributed by atoms with van der Waals surface area (Å²) in [5.41, 5.74) is 5.66. The molecular formula is C23H28N6OS2. The van der Waals surface area contributed by atoms with Crippen LogP contribution < -0.4 is 5.32 Å². The lowest BCUT2D eigenvalue weighted by atomic mass is 9.95. The van der Waals surface area contributed by atoms with E-state index in [9.17, 15) is 4.79 Å². The number of nitrogens with zero attached hydrogens (tertiary/aromatic N) is 5. The summed E-state index contributed by atoms with van der Waals surface area (Å²) < 4.78 is 2.27. The Bertz CT molecular complexity index is 1100. The average molecular weight is 469 g/mol. The van der Waals surface area contributed by atoms with Crippen molar-refractivity contribution in [1.82, 2.24) is 24.6 Å². The molecule has 0 spiro atoms. The van der Waals surface area contributed by atoms with E-state index >= 15 is 0 Å². The van der Waals surface area contributed by atoms with Gasteiger partial charge in [0.05, 0.1) is 28.0 Å². The molecule has 1 aliphatic carbocycles. The number of thiazole rings is 1. The predicted molar refractivity (Wildman–Crippen MR) is 132 cm³/mol. The largest absolute Gasteiger partial charge is 0.303 e. The number of likely N-dealkylation sites (tertiary alicyclic amines) is 1. The lowest BCUT2D eigenvalue weighted by Gasteiger charge is -2.32. The highest BCUT2D eigenvalue weighted by Crippen LogP contribution is 2.45. The molecule has 2 aliphatic rings. The Balaban J connectivity index is 1.56. The van der Waals surface area contributed by atoms with Crippen LogP contribution in [0.4, 0.5) is 9.93 Å². The number of fused-ring (bicyclic) bond motifs is 3. The summed E-state index contributed by atoms with van der Waals surface area (Å²) in [6.45, 7) is 7.51. The van der Waals surface area contributed by atoms with Crippen molar-refractivity contribution in [2.75, 3.05) is 30.7 Å². The van der Waals surface area contributed by atoms with Gasteiger partial charge in [0.1, 0.15) is 0 Å². The zero-order chi connectivity index (χ0) is 22.1. The Kier molecular flexibility index (Phi) is 6.30. The summed E-state index contributed by atoms with van der Waals surface area (Å²) in [4.78, 5) is 24.9. The van der Waals surface area contributed by atoms with Gasteiger partial charge >= 0.3 is 0 Å². The van der Waals surface area contributed by atoms with Gasteiger partial charge in [0, 0.05) is 36.6 Å². The van der Waals surface area contributed by atoms with Crippen molar-refractivity contribution in [2.45, 2.75) is 45.6 Å². The van der Waals surface area contributed by atoms with E-state index in [1.54, 1.807) is 17.5 Å². The number of hydrogen-bond donors (Lipinski definition) is 1. The first-order valence-electron chi connectivity index (χ1n) is 11.4. The van der Waals surface area contributed by atoms with E-state index in [1.165, 1.54) is 23.0 Å². The summed E-state index contributed by atoms with van der Waals surface area (Å²) >= 11 is 2.86. The molecule has 3 aromatic rings. The van der Waals surface area contributed by atoms with Crippen molar-refractivity contribution >= 4 is 33.5 Å². The Morgan fingerprint density at radius 2 is 2.12 bits per heavy atom. The SMILES string of the molecule is CCSC(=O)Nc1nc2c(s1)-c1c(c(-c3cccnc3)nn1C1CCN(CC)CC1)CC2. The van der Waals surface area contributed by atoms with Crippen molar-refractivity contribution < 1.29 is 4.79 Å². The summed E-state index contributed by atoms with van der Waals surface area (Å²) in [6, 6.07) is 4.44. The highest BCUT2D eigenvalue weighted by molar-refractivity contribution is 8.13. The number of nitrogens with one attached hydrogen (secondary N) is 1. The van der Waals surface area contributed by atoms with Gasteiger partial charge in [-0.3, -0.25) is 19.8 Å². The van der Waals surface area contributed by atoms with Gasteiger partial charge in [0.25, 0.3) is 5.24 Å². The molecule has 32 heavy (non-hydrogen) atoms. The van der Waals surface area contributed by atoms with Gasteiger partial charge in [-0.25, -0.2) is 4.98 Å². The van der Waals surface area contributed by atoms with E-state index in [0.717, 1.165) is 72.9 Å². The maximum absolute atomic E-state index is 12.1. The van der Waals surface area contributed by atoms with Crippen LogP contribution in [0.5, 0.6) is 0 Å². The summed E-state index contributed by atoms with van der Waals surface area (Å²) in [5.74, 6) is 0.749. The van der Waals surface area contributed by atoms with Crippen molar-refractivity contribution in [1.29, 1.82) is 0 Å². The summed E-state index contributed by atoms with van der Waals surface area (Å²) in [7, 11) is 0. The van der Waals surface area contributed by atoms with Crippen molar-refractivity contribution in [3.8, 4) is 21.8 Å². The van der Waals surface area contributed by atoms with Gasteiger partial charge in [-0.05, 0) is 50.1 Å². The van der Waals surface area contributed by atoms with Crippen molar-refractivity contribution in [3.63, 3.8) is 0 Å². The van der Waals surface area contributed by atoms with Crippen LogP contribution in [0, 0.1) is 0 Å². The topological polar surface area (TPSA) is 75.9 Å². The minimum atomic E-state index is -0.0460. The molecule has 0 unspecified atom stereocenters. The first-order chi connectivity index (χ1) is 15.7. The molecule has 168 valence electrons. The number of carbonyl (C=O) groups excluding carboxylic acids is 1. The number of carbonyl (C=O) groups is 1. The minimum Gasteiger partial charge on any atom is -0.303 e. The molecule has 4 heterocycles. The van der Waals surface area contributed by atoms with Gasteiger partial charge in [0.15, 0.2) is 5.13 Å². The molecule has 1 amide bonds. The molecule has 9 heteroatoms. The monoisotopic (exact) mass is 468 g/mol. The third-order valence-electron chi connectivity index (χ3n) is 6.30. The van der Waals surface area contributed by atoms with Crippen LogP contribution in [-0.2, 0) is 12.8 Å². The van der Waals surface area contributed by atoms with Gasteiger partial charge in [-0.2, -0.15) is 5.10 Å². The van der Waals surface area contributed by atoms with E-state index in [4.69, 9.17) is 10.1 Å². The number of pyridine rings is 1. The molecular weight excluding hydrogens is 440 g/mol. The van der Waals surface area contributed by atoms with Gasteiger partial charge in [0.2, 0.25) is 0 Å². The number of anilines is 1. The maximum Gasteiger partial charge on any atom is 0.285 e. The normalized spacial score (nSPS) is 16.6. The molecule has 7 nitrogen and oxygen atoms in total.